The van der Waals surface area contributed by atoms with Crippen LogP contribution in [0, 0.1) is 0 Å². The Balaban J connectivity index is 1.31. The molecule has 0 bridgehead atoms. The van der Waals surface area contributed by atoms with Crippen molar-refractivity contribution in [1.29, 1.82) is 0 Å². The van der Waals surface area contributed by atoms with Gasteiger partial charge in [-0.1, -0.05) is 111 Å². The van der Waals surface area contributed by atoms with E-state index in [0.717, 1.165) is 11.4 Å². The fourth-order valence-corrected chi connectivity index (χ4v) is 8.34. The first-order valence-electron chi connectivity index (χ1n) is 17.3. The third-order valence-electron chi connectivity index (χ3n) is 10.5. The monoisotopic (exact) mass is 627 g/mol. The SMILES string of the molecule is CC(C)c1cc2c3c(c1)N(c1ccccc1)c1cc(-n4c5ccccc5c5ccccc54)ccc1B3c1ccccc1N2c1ccccc1. The van der Waals surface area contributed by atoms with E-state index in [0.29, 0.717) is 5.92 Å². The molecule has 2 aliphatic heterocycles. The first kappa shape index (κ1) is 28.1. The van der Waals surface area contributed by atoms with Gasteiger partial charge in [0, 0.05) is 50.6 Å². The lowest BCUT2D eigenvalue weighted by molar-refractivity contribution is 0.866. The molecule has 0 radical (unpaired) electrons. The molecule has 3 heterocycles. The summed E-state index contributed by atoms with van der Waals surface area (Å²) in [6.45, 7) is 4.70. The van der Waals surface area contributed by atoms with Crippen molar-refractivity contribution in [2.75, 3.05) is 9.80 Å². The molecule has 49 heavy (non-hydrogen) atoms. The summed E-state index contributed by atoms with van der Waals surface area (Å²) in [5.74, 6) is 0.359. The molecule has 0 unspecified atom stereocenters. The largest absolute Gasteiger partial charge is 0.311 e. The van der Waals surface area contributed by atoms with Crippen molar-refractivity contribution < 1.29 is 0 Å². The van der Waals surface area contributed by atoms with Crippen molar-refractivity contribution in [3.63, 3.8) is 0 Å². The van der Waals surface area contributed by atoms with E-state index in [2.05, 4.69) is 192 Å². The number of hydrogen-bond acceptors (Lipinski definition) is 2. The molecule has 3 nitrogen and oxygen atoms in total. The number of nitrogens with zero attached hydrogens (tertiary/aromatic N) is 3. The fourth-order valence-electron chi connectivity index (χ4n) is 8.34. The molecule has 0 spiro atoms. The molecule has 2 aliphatic rings. The highest BCUT2D eigenvalue weighted by molar-refractivity contribution is 7.00. The van der Waals surface area contributed by atoms with Gasteiger partial charge in [0.25, 0.3) is 6.71 Å². The predicted octanol–water partition coefficient (Wildman–Crippen LogP) is 9.99. The first-order valence-corrected chi connectivity index (χ1v) is 17.3. The molecule has 10 rings (SSSR count). The van der Waals surface area contributed by atoms with E-state index in [4.69, 9.17) is 0 Å². The third kappa shape index (κ3) is 4.10. The van der Waals surface area contributed by atoms with Crippen molar-refractivity contribution in [2.45, 2.75) is 19.8 Å². The Bertz CT molecular complexity index is 2500. The average molecular weight is 628 g/mol. The van der Waals surface area contributed by atoms with Gasteiger partial charge < -0.3 is 14.4 Å². The molecule has 4 heteroatoms. The molecule has 0 atom stereocenters. The smallest absolute Gasteiger partial charge is 0.252 e. The standard InChI is InChI=1S/C45H34BN3/c1-30(2)31-27-43-45-44(28-31)48(33-17-7-4-8-18-33)42-29-34(49-39-22-12-9-19-35(39)36-20-10-13-23-40(36)49)25-26-38(42)46(45)37-21-11-14-24-41(37)47(43)32-15-5-3-6-16-32/h3-30H,1-2H3. The second kappa shape index (κ2) is 10.8. The van der Waals surface area contributed by atoms with E-state index in [1.165, 1.54) is 72.2 Å². The van der Waals surface area contributed by atoms with Crippen LogP contribution in [0.25, 0.3) is 27.5 Å². The average Bonchev–Trinajstić information content (AvgIpc) is 3.49. The molecule has 8 aromatic rings. The minimum atomic E-state index is 0.0875. The number of anilines is 6. The number of fused-ring (bicyclic) bond motifs is 7. The maximum Gasteiger partial charge on any atom is 0.252 e. The van der Waals surface area contributed by atoms with Crippen LogP contribution in [0.5, 0.6) is 0 Å². The zero-order valence-electron chi connectivity index (χ0n) is 27.6. The highest BCUT2D eigenvalue weighted by atomic mass is 15.2. The van der Waals surface area contributed by atoms with Crippen LogP contribution in [0.3, 0.4) is 0 Å². The molecule has 0 fully saturated rings. The number of hydrogen-bond donors (Lipinski definition) is 0. The zero-order chi connectivity index (χ0) is 32.6. The summed E-state index contributed by atoms with van der Waals surface area (Å²) in [5, 5.41) is 2.55. The van der Waals surface area contributed by atoms with Gasteiger partial charge >= 0.3 is 0 Å². The molecule has 0 N–H and O–H groups in total. The summed E-state index contributed by atoms with van der Waals surface area (Å²) in [7, 11) is 0. The van der Waals surface area contributed by atoms with Crippen LogP contribution in [0.15, 0.2) is 164 Å². The van der Waals surface area contributed by atoms with Gasteiger partial charge in [-0.3, -0.25) is 0 Å². The van der Waals surface area contributed by atoms with Gasteiger partial charge in [0.05, 0.1) is 11.0 Å². The van der Waals surface area contributed by atoms with Gasteiger partial charge in [0.1, 0.15) is 0 Å². The Morgan fingerprint density at radius 3 is 1.55 bits per heavy atom. The maximum atomic E-state index is 2.52. The fraction of sp³-hybridized carbons (Fsp3) is 0.0667. The Morgan fingerprint density at radius 1 is 0.429 bits per heavy atom. The first-order chi connectivity index (χ1) is 24.2. The quantitative estimate of drug-likeness (QED) is 0.180. The van der Waals surface area contributed by atoms with E-state index in [1.54, 1.807) is 0 Å². The van der Waals surface area contributed by atoms with Crippen molar-refractivity contribution in [1.82, 2.24) is 4.57 Å². The van der Waals surface area contributed by atoms with Crippen LogP contribution in [-0.2, 0) is 0 Å². The minimum absolute atomic E-state index is 0.0875. The molecular weight excluding hydrogens is 593 g/mol. The summed E-state index contributed by atoms with van der Waals surface area (Å²) in [5.41, 5.74) is 16.2. The topological polar surface area (TPSA) is 11.4 Å². The van der Waals surface area contributed by atoms with E-state index < -0.39 is 0 Å². The molecule has 1 aromatic heterocycles. The van der Waals surface area contributed by atoms with Gasteiger partial charge in [0.2, 0.25) is 0 Å². The summed E-state index contributed by atoms with van der Waals surface area (Å²) in [4.78, 5) is 5.00. The summed E-state index contributed by atoms with van der Waals surface area (Å²) < 4.78 is 2.44. The Labute approximate surface area is 287 Å². The lowest BCUT2D eigenvalue weighted by Gasteiger charge is -2.44. The number of rotatable bonds is 4. The Hall–Kier alpha value is -6.00. The molecule has 0 aliphatic carbocycles. The second-order valence-electron chi connectivity index (χ2n) is 13.6. The molecular formula is C45H34BN3. The van der Waals surface area contributed by atoms with Gasteiger partial charge in [0.15, 0.2) is 0 Å². The lowest BCUT2D eigenvalue weighted by Crippen LogP contribution is -2.61. The number of aromatic nitrogens is 1. The summed E-state index contributed by atoms with van der Waals surface area (Å²) in [6, 6.07) is 60.4. The highest BCUT2D eigenvalue weighted by Gasteiger charge is 2.43. The molecule has 0 saturated carbocycles. The van der Waals surface area contributed by atoms with Gasteiger partial charge in [-0.25, -0.2) is 0 Å². The number of para-hydroxylation sites is 5. The molecule has 7 aromatic carbocycles. The molecule has 0 amide bonds. The zero-order valence-corrected chi connectivity index (χ0v) is 27.6. The molecule has 0 saturated heterocycles. The summed E-state index contributed by atoms with van der Waals surface area (Å²) >= 11 is 0. The third-order valence-corrected chi connectivity index (χ3v) is 10.5. The highest BCUT2D eigenvalue weighted by Crippen LogP contribution is 2.46. The second-order valence-corrected chi connectivity index (χ2v) is 13.6. The van der Waals surface area contributed by atoms with Crippen LogP contribution in [0.2, 0.25) is 0 Å². The van der Waals surface area contributed by atoms with Crippen molar-refractivity contribution >= 4 is 79.0 Å². The van der Waals surface area contributed by atoms with E-state index >= 15 is 0 Å². The van der Waals surface area contributed by atoms with Gasteiger partial charge in [-0.05, 0) is 94.6 Å². The Kier molecular flexibility index (Phi) is 6.16. The predicted molar refractivity (Wildman–Crippen MR) is 209 cm³/mol. The molecule has 232 valence electrons. The van der Waals surface area contributed by atoms with Crippen molar-refractivity contribution in [3.8, 4) is 5.69 Å². The van der Waals surface area contributed by atoms with E-state index in [9.17, 15) is 0 Å². The van der Waals surface area contributed by atoms with E-state index in [1.807, 2.05) is 0 Å². The van der Waals surface area contributed by atoms with Crippen LogP contribution < -0.4 is 26.2 Å². The van der Waals surface area contributed by atoms with Gasteiger partial charge in [-0.15, -0.1) is 0 Å². The minimum Gasteiger partial charge on any atom is -0.311 e. The van der Waals surface area contributed by atoms with E-state index in [-0.39, 0.29) is 6.71 Å². The van der Waals surface area contributed by atoms with Gasteiger partial charge in [-0.2, -0.15) is 0 Å². The maximum absolute atomic E-state index is 2.52. The van der Waals surface area contributed by atoms with Crippen LogP contribution >= 0.6 is 0 Å². The van der Waals surface area contributed by atoms with Crippen molar-refractivity contribution in [3.05, 3.63) is 169 Å². The van der Waals surface area contributed by atoms with Crippen LogP contribution in [-0.4, -0.2) is 11.3 Å². The Morgan fingerprint density at radius 2 is 0.939 bits per heavy atom. The van der Waals surface area contributed by atoms with Crippen LogP contribution in [0.1, 0.15) is 25.3 Å². The normalized spacial score (nSPS) is 13.2. The lowest BCUT2D eigenvalue weighted by atomic mass is 9.33. The van der Waals surface area contributed by atoms with Crippen molar-refractivity contribution in [2.24, 2.45) is 0 Å². The number of benzene rings is 7. The van der Waals surface area contributed by atoms with Crippen LogP contribution in [0.4, 0.5) is 34.1 Å². The summed E-state index contributed by atoms with van der Waals surface area (Å²) in [6.07, 6.45) is 0.